The van der Waals surface area contributed by atoms with Gasteiger partial charge in [-0.2, -0.15) is 0 Å². The van der Waals surface area contributed by atoms with E-state index in [1.807, 2.05) is 0 Å². The summed E-state index contributed by atoms with van der Waals surface area (Å²) in [6.07, 6.45) is 2.89. The highest BCUT2D eigenvalue weighted by molar-refractivity contribution is 5.37. The smallest absolute Gasteiger partial charge is 0.313 e. The van der Waals surface area contributed by atoms with E-state index < -0.39 is 11.2 Å². The molecular weight excluding hydrogens is 206 g/mol. The molecule has 0 aromatic carbocycles. The molecule has 0 aliphatic heterocycles. The van der Waals surface area contributed by atoms with Crippen LogP contribution >= 0.6 is 0 Å². The second-order valence-corrected chi connectivity index (χ2v) is 2.95. The second-order valence-electron chi connectivity index (χ2n) is 2.95. The van der Waals surface area contributed by atoms with Crippen LogP contribution in [-0.4, -0.2) is 15.0 Å². The first-order valence-electron chi connectivity index (χ1n) is 4.51. The van der Waals surface area contributed by atoms with Crippen LogP contribution in [0.2, 0.25) is 0 Å². The molecule has 2 heterocycles. The fourth-order valence-corrected chi connectivity index (χ4v) is 1.07. The zero-order chi connectivity index (χ0) is 11.4. The average Bonchev–Trinajstić information content (AvgIpc) is 2.29. The number of hydrogen-bond acceptors (Lipinski definition) is 3. The third kappa shape index (κ3) is 2.25. The number of nitrogens with zero attached hydrogens (tertiary/aromatic N) is 1. The van der Waals surface area contributed by atoms with Crippen LogP contribution in [0.4, 0.5) is 0 Å². The van der Waals surface area contributed by atoms with E-state index in [1.54, 1.807) is 24.4 Å². The van der Waals surface area contributed by atoms with Crippen LogP contribution in [0.15, 0.2) is 40.2 Å². The van der Waals surface area contributed by atoms with Crippen LogP contribution in [0.3, 0.4) is 0 Å². The Hall–Kier alpha value is -2.61. The standard InChI is InChI=1S/C11H7N3O2/c15-10-8(7-13-11(16)14-10)4-5-9-3-1-2-6-12-9/h1-3,6-7H,(H2,13,14,15,16). The van der Waals surface area contributed by atoms with Crippen LogP contribution in [-0.2, 0) is 0 Å². The zero-order valence-electron chi connectivity index (χ0n) is 8.15. The second kappa shape index (κ2) is 4.28. The summed E-state index contributed by atoms with van der Waals surface area (Å²) in [7, 11) is 0. The van der Waals surface area contributed by atoms with Gasteiger partial charge in [0.05, 0.1) is 0 Å². The number of nitrogens with one attached hydrogen (secondary N) is 2. The summed E-state index contributed by atoms with van der Waals surface area (Å²) in [6, 6.07) is 5.30. The summed E-state index contributed by atoms with van der Waals surface area (Å²) in [5, 5.41) is 0. The highest BCUT2D eigenvalue weighted by atomic mass is 16.2. The molecule has 0 amide bonds. The summed E-state index contributed by atoms with van der Waals surface area (Å²) >= 11 is 0. The van der Waals surface area contributed by atoms with E-state index in [-0.39, 0.29) is 5.56 Å². The summed E-state index contributed by atoms with van der Waals surface area (Å²) in [5.41, 5.74) is -0.293. The molecule has 0 bridgehead atoms. The number of aromatic nitrogens is 3. The van der Waals surface area contributed by atoms with Crippen molar-refractivity contribution in [1.82, 2.24) is 15.0 Å². The van der Waals surface area contributed by atoms with Gasteiger partial charge in [0.15, 0.2) is 0 Å². The molecule has 0 aliphatic carbocycles. The summed E-state index contributed by atoms with van der Waals surface area (Å²) in [6.45, 7) is 0. The van der Waals surface area contributed by atoms with Crippen molar-refractivity contribution < 1.29 is 0 Å². The third-order valence-corrected chi connectivity index (χ3v) is 1.81. The van der Waals surface area contributed by atoms with Gasteiger partial charge in [-0.05, 0) is 18.1 Å². The van der Waals surface area contributed by atoms with Gasteiger partial charge in [0.2, 0.25) is 0 Å². The lowest BCUT2D eigenvalue weighted by Gasteiger charge is -1.87. The molecule has 0 fully saturated rings. The first kappa shape index (κ1) is 9.93. The lowest BCUT2D eigenvalue weighted by molar-refractivity contribution is 1.03. The Morgan fingerprint density at radius 2 is 2.06 bits per heavy atom. The lowest BCUT2D eigenvalue weighted by atomic mass is 10.3. The number of rotatable bonds is 0. The van der Waals surface area contributed by atoms with Gasteiger partial charge in [-0.25, -0.2) is 9.78 Å². The minimum Gasteiger partial charge on any atom is -0.313 e. The van der Waals surface area contributed by atoms with Crippen molar-refractivity contribution in [3.05, 3.63) is 62.7 Å². The predicted molar refractivity (Wildman–Crippen MR) is 57.9 cm³/mol. The lowest BCUT2D eigenvalue weighted by Crippen LogP contribution is -2.23. The molecule has 0 atom stereocenters. The Bertz CT molecular complexity index is 659. The van der Waals surface area contributed by atoms with Crippen molar-refractivity contribution >= 4 is 0 Å². The maximum Gasteiger partial charge on any atom is 0.325 e. The Morgan fingerprint density at radius 1 is 1.19 bits per heavy atom. The summed E-state index contributed by atoms with van der Waals surface area (Å²) < 4.78 is 0. The summed E-state index contributed by atoms with van der Waals surface area (Å²) in [5.74, 6) is 5.35. The first-order valence-corrected chi connectivity index (χ1v) is 4.51. The largest absolute Gasteiger partial charge is 0.325 e. The van der Waals surface area contributed by atoms with E-state index in [0.717, 1.165) is 0 Å². The average molecular weight is 213 g/mol. The Balaban J connectivity index is 2.39. The van der Waals surface area contributed by atoms with Gasteiger partial charge in [-0.3, -0.25) is 9.78 Å². The Kier molecular flexibility index (Phi) is 2.65. The van der Waals surface area contributed by atoms with Gasteiger partial charge < -0.3 is 4.98 Å². The molecule has 2 N–H and O–H groups in total. The fraction of sp³-hybridized carbons (Fsp3) is 0. The van der Waals surface area contributed by atoms with Crippen molar-refractivity contribution in [3.8, 4) is 11.8 Å². The normalized spacial score (nSPS) is 9.25. The van der Waals surface area contributed by atoms with Crippen LogP contribution in [0, 0.1) is 11.8 Å². The van der Waals surface area contributed by atoms with Gasteiger partial charge >= 0.3 is 5.69 Å². The number of aromatic amines is 2. The molecule has 5 nitrogen and oxygen atoms in total. The minimum atomic E-state index is -0.548. The van der Waals surface area contributed by atoms with E-state index >= 15 is 0 Å². The zero-order valence-corrected chi connectivity index (χ0v) is 8.15. The fourth-order valence-electron chi connectivity index (χ4n) is 1.07. The van der Waals surface area contributed by atoms with Gasteiger partial charge in [0, 0.05) is 12.4 Å². The van der Waals surface area contributed by atoms with Gasteiger partial charge in [-0.15, -0.1) is 0 Å². The molecule has 5 heteroatoms. The van der Waals surface area contributed by atoms with Crippen LogP contribution in [0.1, 0.15) is 11.3 Å². The first-order chi connectivity index (χ1) is 7.75. The molecule has 0 saturated heterocycles. The van der Waals surface area contributed by atoms with Gasteiger partial charge in [0.25, 0.3) is 5.56 Å². The van der Waals surface area contributed by atoms with Gasteiger partial charge in [-0.1, -0.05) is 12.0 Å². The SMILES string of the molecule is O=c1[nH]cc(C#Cc2ccccn2)c(=O)[nH]1. The van der Waals surface area contributed by atoms with Crippen molar-refractivity contribution in [2.45, 2.75) is 0 Å². The van der Waals surface area contributed by atoms with Crippen LogP contribution in [0.25, 0.3) is 0 Å². The maximum absolute atomic E-state index is 11.3. The van der Waals surface area contributed by atoms with E-state index in [1.165, 1.54) is 6.20 Å². The Labute approximate surface area is 90.2 Å². The van der Waals surface area contributed by atoms with Crippen molar-refractivity contribution in [2.24, 2.45) is 0 Å². The predicted octanol–water partition coefficient (Wildman–Crippen LogP) is -0.142. The molecule has 2 rings (SSSR count). The molecule has 2 aromatic heterocycles. The quantitative estimate of drug-likeness (QED) is 0.598. The number of pyridine rings is 1. The molecule has 0 aliphatic rings. The molecule has 0 saturated carbocycles. The van der Waals surface area contributed by atoms with Crippen molar-refractivity contribution in [3.63, 3.8) is 0 Å². The monoisotopic (exact) mass is 213 g/mol. The number of H-pyrrole nitrogens is 2. The van der Waals surface area contributed by atoms with E-state index in [0.29, 0.717) is 5.69 Å². The van der Waals surface area contributed by atoms with Gasteiger partial charge in [0.1, 0.15) is 11.3 Å². The maximum atomic E-state index is 11.3. The van der Waals surface area contributed by atoms with Crippen molar-refractivity contribution in [2.75, 3.05) is 0 Å². The molecule has 2 aromatic rings. The molecule has 0 spiro atoms. The van der Waals surface area contributed by atoms with E-state index in [2.05, 4.69) is 26.8 Å². The Morgan fingerprint density at radius 3 is 2.75 bits per heavy atom. The van der Waals surface area contributed by atoms with E-state index in [9.17, 15) is 9.59 Å². The molecule has 78 valence electrons. The highest BCUT2D eigenvalue weighted by Gasteiger charge is 1.94. The van der Waals surface area contributed by atoms with Crippen molar-refractivity contribution in [1.29, 1.82) is 0 Å². The minimum absolute atomic E-state index is 0.199. The molecule has 0 radical (unpaired) electrons. The summed E-state index contributed by atoms with van der Waals surface area (Å²) in [4.78, 5) is 30.4. The third-order valence-electron chi connectivity index (χ3n) is 1.81. The molecule has 16 heavy (non-hydrogen) atoms. The number of hydrogen-bond donors (Lipinski definition) is 2. The van der Waals surface area contributed by atoms with Crippen LogP contribution < -0.4 is 11.2 Å². The highest BCUT2D eigenvalue weighted by Crippen LogP contribution is 1.90. The van der Waals surface area contributed by atoms with Crippen LogP contribution in [0.5, 0.6) is 0 Å². The van der Waals surface area contributed by atoms with E-state index in [4.69, 9.17) is 0 Å². The topological polar surface area (TPSA) is 78.6 Å². The molecule has 0 unspecified atom stereocenters. The molecular formula is C11H7N3O2.